The molecule has 0 saturated carbocycles. The molecule has 142 valence electrons. The molecule has 1 aliphatic heterocycles. The van der Waals surface area contributed by atoms with Crippen LogP contribution in [0.1, 0.15) is 18.4 Å². The fraction of sp³-hybridized carbons (Fsp3) is 0.300. The van der Waals surface area contributed by atoms with Crippen LogP contribution in [-0.2, 0) is 16.1 Å². The van der Waals surface area contributed by atoms with Crippen LogP contribution in [0.5, 0.6) is 0 Å². The summed E-state index contributed by atoms with van der Waals surface area (Å²) >= 11 is 5.92. The first-order chi connectivity index (χ1) is 13.0. The van der Waals surface area contributed by atoms with Gasteiger partial charge in [0.15, 0.2) is 0 Å². The van der Waals surface area contributed by atoms with Crippen molar-refractivity contribution in [3.05, 3.63) is 59.1 Å². The van der Waals surface area contributed by atoms with E-state index in [2.05, 4.69) is 27.7 Å². The lowest BCUT2D eigenvalue weighted by atomic mass is 10.0. The van der Waals surface area contributed by atoms with Gasteiger partial charge in [0, 0.05) is 31.4 Å². The first-order valence-corrected chi connectivity index (χ1v) is 9.32. The minimum atomic E-state index is -0.706. The van der Waals surface area contributed by atoms with Crippen LogP contribution in [0.4, 0.5) is 11.4 Å². The number of nitrogens with one attached hydrogen (secondary N) is 2. The van der Waals surface area contributed by atoms with E-state index in [0.29, 0.717) is 16.4 Å². The molecule has 3 rings (SSSR count). The Balaban J connectivity index is 1.44. The number of nitrogens with zero attached hydrogens (tertiary/aromatic N) is 1. The van der Waals surface area contributed by atoms with E-state index in [1.54, 1.807) is 12.1 Å². The molecule has 0 radical (unpaired) electrons. The number of hydrogen-bond acceptors (Lipinski definition) is 4. The van der Waals surface area contributed by atoms with Gasteiger partial charge >= 0.3 is 11.8 Å². The maximum Gasteiger partial charge on any atom is 0.313 e. The van der Waals surface area contributed by atoms with Gasteiger partial charge in [-0.25, -0.2) is 0 Å². The number of amides is 2. The molecule has 1 aliphatic rings. The SMILES string of the molecule is Nc1ccc(NC(=O)C(=O)NC2CCN(Cc3ccccc3)CC2)cc1Cl. The van der Waals surface area contributed by atoms with Crippen LogP contribution in [0.3, 0.4) is 0 Å². The first-order valence-electron chi connectivity index (χ1n) is 8.94. The third kappa shape index (κ3) is 5.45. The molecule has 0 unspecified atom stereocenters. The second-order valence-corrected chi connectivity index (χ2v) is 7.11. The Kier molecular flexibility index (Phi) is 6.32. The zero-order valence-electron chi connectivity index (χ0n) is 15.0. The number of benzene rings is 2. The Labute approximate surface area is 163 Å². The average molecular weight is 387 g/mol. The zero-order valence-corrected chi connectivity index (χ0v) is 15.7. The van der Waals surface area contributed by atoms with Crippen LogP contribution in [-0.4, -0.2) is 35.8 Å². The van der Waals surface area contributed by atoms with Crippen molar-refractivity contribution in [2.24, 2.45) is 0 Å². The second kappa shape index (κ2) is 8.88. The van der Waals surface area contributed by atoms with Crippen molar-refractivity contribution < 1.29 is 9.59 Å². The fourth-order valence-corrected chi connectivity index (χ4v) is 3.30. The molecular formula is C20H23ClN4O2. The first kappa shape index (κ1) is 19.2. The van der Waals surface area contributed by atoms with E-state index in [0.717, 1.165) is 32.5 Å². The molecule has 27 heavy (non-hydrogen) atoms. The molecule has 0 spiro atoms. The summed E-state index contributed by atoms with van der Waals surface area (Å²) in [4.78, 5) is 26.6. The number of likely N-dealkylation sites (tertiary alicyclic amines) is 1. The predicted molar refractivity (Wildman–Crippen MR) is 107 cm³/mol. The average Bonchev–Trinajstić information content (AvgIpc) is 2.67. The summed E-state index contributed by atoms with van der Waals surface area (Å²) in [5, 5.41) is 5.69. The topological polar surface area (TPSA) is 87.5 Å². The number of hydrogen-bond donors (Lipinski definition) is 3. The smallest absolute Gasteiger partial charge is 0.313 e. The highest BCUT2D eigenvalue weighted by atomic mass is 35.5. The highest BCUT2D eigenvalue weighted by Gasteiger charge is 2.23. The van der Waals surface area contributed by atoms with Crippen molar-refractivity contribution in [2.75, 3.05) is 24.1 Å². The van der Waals surface area contributed by atoms with Crippen molar-refractivity contribution in [2.45, 2.75) is 25.4 Å². The van der Waals surface area contributed by atoms with E-state index in [1.807, 2.05) is 18.2 Å². The Morgan fingerprint density at radius 1 is 1.07 bits per heavy atom. The number of rotatable bonds is 4. The van der Waals surface area contributed by atoms with Gasteiger partial charge in [-0.2, -0.15) is 0 Å². The van der Waals surface area contributed by atoms with Crippen LogP contribution in [0, 0.1) is 0 Å². The van der Waals surface area contributed by atoms with E-state index in [9.17, 15) is 9.59 Å². The molecule has 1 heterocycles. The second-order valence-electron chi connectivity index (χ2n) is 6.70. The van der Waals surface area contributed by atoms with Crippen molar-refractivity contribution >= 4 is 34.8 Å². The Bertz CT molecular complexity index is 805. The van der Waals surface area contributed by atoms with Gasteiger partial charge < -0.3 is 16.4 Å². The van der Waals surface area contributed by atoms with Gasteiger partial charge in [0.2, 0.25) is 0 Å². The Morgan fingerprint density at radius 3 is 2.44 bits per heavy atom. The third-order valence-electron chi connectivity index (χ3n) is 4.64. The van der Waals surface area contributed by atoms with E-state index < -0.39 is 11.8 Å². The molecular weight excluding hydrogens is 364 g/mol. The number of anilines is 2. The molecule has 4 N–H and O–H groups in total. The summed E-state index contributed by atoms with van der Waals surface area (Å²) in [7, 11) is 0. The number of nitrogens with two attached hydrogens (primary N) is 1. The molecule has 2 aromatic rings. The van der Waals surface area contributed by atoms with Crippen LogP contribution in [0.15, 0.2) is 48.5 Å². The number of carbonyl (C=O) groups excluding carboxylic acids is 2. The molecule has 0 atom stereocenters. The Morgan fingerprint density at radius 2 is 1.78 bits per heavy atom. The monoisotopic (exact) mass is 386 g/mol. The lowest BCUT2D eigenvalue weighted by molar-refractivity contribution is -0.136. The molecule has 7 heteroatoms. The maximum atomic E-state index is 12.1. The van der Waals surface area contributed by atoms with Crippen molar-refractivity contribution in [3.63, 3.8) is 0 Å². The highest BCUT2D eigenvalue weighted by molar-refractivity contribution is 6.40. The summed E-state index contributed by atoms with van der Waals surface area (Å²) in [5.41, 5.74) is 7.77. The molecule has 1 saturated heterocycles. The maximum absolute atomic E-state index is 12.1. The Hall–Kier alpha value is -2.57. The van der Waals surface area contributed by atoms with Gasteiger partial charge in [-0.15, -0.1) is 0 Å². The fourth-order valence-electron chi connectivity index (χ4n) is 3.12. The highest BCUT2D eigenvalue weighted by Crippen LogP contribution is 2.22. The predicted octanol–water partition coefficient (Wildman–Crippen LogP) is 2.64. The van der Waals surface area contributed by atoms with Crippen LogP contribution < -0.4 is 16.4 Å². The molecule has 1 fully saturated rings. The standard InChI is InChI=1S/C20H23ClN4O2/c21-17-12-16(6-7-18(17)22)24-20(27)19(26)23-15-8-10-25(11-9-15)13-14-4-2-1-3-5-14/h1-7,12,15H,8-11,13,22H2,(H,23,26)(H,24,27). The number of nitrogen functional groups attached to an aromatic ring is 1. The van der Waals surface area contributed by atoms with E-state index in [1.165, 1.54) is 11.6 Å². The number of piperidine rings is 1. The van der Waals surface area contributed by atoms with Gasteiger partial charge in [-0.3, -0.25) is 14.5 Å². The quantitative estimate of drug-likeness (QED) is 0.556. The van der Waals surface area contributed by atoms with Crippen LogP contribution in [0.25, 0.3) is 0 Å². The van der Waals surface area contributed by atoms with Crippen molar-refractivity contribution in [1.82, 2.24) is 10.2 Å². The van der Waals surface area contributed by atoms with Gasteiger partial charge in [0.1, 0.15) is 0 Å². The zero-order chi connectivity index (χ0) is 19.2. The summed E-state index contributed by atoms with van der Waals surface area (Å²) in [6.07, 6.45) is 1.64. The van der Waals surface area contributed by atoms with Crippen LogP contribution >= 0.6 is 11.6 Å². The third-order valence-corrected chi connectivity index (χ3v) is 4.96. The van der Waals surface area contributed by atoms with E-state index in [-0.39, 0.29) is 6.04 Å². The van der Waals surface area contributed by atoms with Gasteiger partial charge in [0.25, 0.3) is 0 Å². The number of carbonyl (C=O) groups is 2. The summed E-state index contributed by atoms with van der Waals surface area (Å²) < 4.78 is 0. The molecule has 0 aliphatic carbocycles. The minimum absolute atomic E-state index is 0.00489. The van der Waals surface area contributed by atoms with E-state index >= 15 is 0 Å². The lowest BCUT2D eigenvalue weighted by Gasteiger charge is -2.32. The molecule has 2 amide bonds. The summed E-state index contributed by atoms with van der Waals surface area (Å²) in [5.74, 6) is -1.34. The molecule has 2 aromatic carbocycles. The largest absolute Gasteiger partial charge is 0.398 e. The van der Waals surface area contributed by atoms with Crippen molar-refractivity contribution in [1.29, 1.82) is 0 Å². The van der Waals surface area contributed by atoms with Gasteiger partial charge in [-0.05, 0) is 36.6 Å². The van der Waals surface area contributed by atoms with Crippen LogP contribution in [0.2, 0.25) is 5.02 Å². The summed E-state index contributed by atoms with van der Waals surface area (Å²) in [6.45, 7) is 2.67. The normalized spacial score (nSPS) is 15.3. The molecule has 6 nitrogen and oxygen atoms in total. The van der Waals surface area contributed by atoms with Gasteiger partial charge in [-0.1, -0.05) is 41.9 Å². The van der Waals surface area contributed by atoms with E-state index in [4.69, 9.17) is 17.3 Å². The molecule has 0 bridgehead atoms. The number of halogens is 1. The van der Waals surface area contributed by atoms with Gasteiger partial charge in [0.05, 0.1) is 10.7 Å². The molecule has 0 aromatic heterocycles. The lowest BCUT2D eigenvalue weighted by Crippen LogP contribution is -2.47. The summed E-state index contributed by atoms with van der Waals surface area (Å²) in [6, 6.07) is 15.0. The van der Waals surface area contributed by atoms with Crippen molar-refractivity contribution in [3.8, 4) is 0 Å². The minimum Gasteiger partial charge on any atom is -0.398 e.